The summed E-state index contributed by atoms with van der Waals surface area (Å²) in [5.74, 6) is 3.04. The van der Waals surface area contributed by atoms with Crippen molar-refractivity contribution in [1.82, 2.24) is 4.90 Å². The van der Waals surface area contributed by atoms with E-state index in [4.69, 9.17) is 0 Å². The molecule has 4 atom stereocenters. The largest absolute Gasteiger partial charge is 0.342 e. The molecule has 1 heterocycles. The van der Waals surface area contributed by atoms with Gasteiger partial charge in [-0.05, 0) is 74.5 Å². The minimum atomic E-state index is 0.428. The molecule has 1 amide bonds. The summed E-state index contributed by atoms with van der Waals surface area (Å²) in [7, 11) is 0. The highest BCUT2D eigenvalue weighted by Gasteiger charge is 2.42. The molecule has 2 heteroatoms. The Balaban J connectivity index is 1.37. The van der Waals surface area contributed by atoms with E-state index in [1.165, 1.54) is 57.8 Å². The van der Waals surface area contributed by atoms with Gasteiger partial charge in [0.1, 0.15) is 0 Å². The number of rotatable bonds is 2. The Morgan fingerprint density at radius 3 is 2.86 bits per heavy atom. The van der Waals surface area contributed by atoms with Crippen molar-refractivity contribution in [3.8, 4) is 0 Å². The average molecular weight is 287 g/mol. The van der Waals surface area contributed by atoms with Crippen LogP contribution in [0.15, 0.2) is 12.2 Å². The zero-order valence-corrected chi connectivity index (χ0v) is 13.2. The predicted molar refractivity (Wildman–Crippen MR) is 84.8 cm³/mol. The van der Waals surface area contributed by atoms with Crippen LogP contribution in [0, 0.1) is 23.2 Å². The van der Waals surface area contributed by atoms with Crippen molar-refractivity contribution in [2.45, 2.75) is 64.2 Å². The highest BCUT2D eigenvalue weighted by Crippen LogP contribution is 2.50. The molecule has 2 nitrogen and oxygen atoms in total. The number of fused-ring (bicyclic) bond motifs is 2. The molecule has 1 spiro atoms. The van der Waals surface area contributed by atoms with E-state index in [-0.39, 0.29) is 0 Å². The molecule has 0 aromatic heterocycles. The lowest BCUT2D eigenvalue weighted by Crippen LogP contribution is -2.47. The van der Waals surface area contributed by atoms with Crippen LogP contribution in [0.3, 0.4) is 0 Å². The first kappa shape index (κ1) is 13.8. The number of carbonyl (C=O) groups excluding carboxylic acids is 1. The molecule has 0 unspecified atom stereocenters. The average Bonchev–Trinajstić information content (AvgIpc) is 3.11. The van der Waals surface area contributed by atoms with E-state index < -0.39 is 0 Å². The minimum Gasteiger partial charge on any atom is -0.342 e. The molecule has 0 radical (unpaired) electrons. The van der Waals surface area contributed by atoms with Crippen molar-refractivity contribution in [1.29, 1.82) is 0 Å². The zero-order chi connectivity index (χ0) is 14.3. The van der Waals surface area contributed by atoms with E-state index in [1.54, 1.807) is 0 Å². The van der Waals surface area contributed by atoms with Gasteiger partial charge in [0.2, 0.25) is 5.91 Å². The second-order valence-electron chi connectivity index (χ2n) is 8.27. The molecule has 3 aliphatic carbocycles. The summed E-state index contributed by atoms with van der Waals surface area (Å²) in [6.07, 6.45) is 17.4. The van der Waals surface area contributed by atoms with E-state index in [2.05, 4.69) is 17.1 Å². The number of hydrogen-bond acceptors (Lipinski definition) is 1. The van der Waals surface area contributed by atoms with E-state index in [0.717, 1.165) is 37.3 Å². The molecule has 1 aliphatic heterocycles. The molecule has 2 bridgehead atoms. The Kier molecular flexibility index (Phi) is 3.59. The smallest absolute Gasteiger partial charge is 0.222 e. The zero-order valence-electron chi connectivity index (χ0n) is 13.2. The summed E-state index contributed by atoms with van der Waals surface area (Å²) >= 11 is 0. The number of likely N-dealkylation sites (tertiary alicyclic amines) is 1. The van der Waals surface area contributed by atoms with Gasteiger partial charge in [-0.25, -0.2) is 0 Å². The van der Waals surface area contributed by atoms with Gasteiger partial charge in [-0.3, -0.25) is 4.79 Å². The highest BCUT2D eigenvalue weighted by molar-refractivity contribution is 5.76. The van der Waals surface area contributed by atoms with Gasteiger partial charge in [-0.15, -0.1) is 0 Å². The number of carbonyl (C=O) groups is 1. The second-order valence-corrected chi connectivity index (χ2v) is 8.27. The van der Waals surface area contributed by atoms with Crippen molar-refractivity contribution < 1.29 is 4.79 Å². The third kappa shape index (κ3) is 2.66. The van der Waals surface area contributed by atoms with Crippen molar-refractivity contribution >= 4 is 5.91 Å². The Morgan fingerprint density at radius 2 is 2.14 bits per heavy atom. The van der Waals surface area contributed by atoms with Crippen molar-refractivity contribution in [3.63, 3.8) is 0 Å². The van der Waals surface area contributed by atoms with Crippen LogP contribution in [-0.4, -0.2) is 23.9 Å². The fourth-order valence-electron chi connectivity index (χ4n) is 5.71. The number of allylic oxidation sites excluding steroid dienone is 2. The molecule has 4 rings (SSSR count). The maximum absolute atomic E-state index is 12.8. The molecule has 0 N–H and O–H groups in total. The summed E-state index contributed by atoms with van der Waals surface area (Å²) < 4.78 is 0. The van der Waals surface area contributed by atoms with Crippen LogP contribution in [0.5, 0.6) is 0 Å². The molecule has 0 aromatic rings. The summed E-state index contributed by atoms with van der Waals surface area (Å²) in [6.45, 7) is 2.06. The molecule has 1 saturated heterocycles. The summed E-state index contributed by atoms with van der Waals surface area (Å²) in [5, 5.41) is 0. The van der Waals surface area contributed by atoms with Crippen LogP contribution < -0.4 is 0 Å². The highest BCUT2D eigenvalue weighted by atomic mass is 16.2. The minimum absolute atomic E-state index is 0.428. The molecular formula is C19H29NO. The Morgan fingerprint density at radius 1 is 1.19 bits per heavy atom. The first-order valence-corrected chi connectivity index (χ1v) is 9.17. The quantitative estimate of drug-likeness (QED) is 0.698. The number of hydrogen-bond donors (Lipinski definition) is 0. The van der Waals surface area contributed by atoms with Crippen molar-refractivity contribution in [2.75, 3.05) is 13.1 Å². The maximum atomic E-state index is 12.8. The first-order valence-electron chi connectivity index (χ1n) is 9.17. The van der Waals surface area contributed by atoms with Crippen molar-refractivity contribution in [3.05, 3.63) is 12.2 Å². The maximum Gasteiger partial charge on any atom is 0.222 e. The summed E-state index contributed by atoms with van der Waals surface area (Å²) in [5.41, 5.74) is 0.428. The molecule has 3 fully saturated rings. The third-order valence-corrected chi connectivity index (χ3v) is 6.89. The van der Waals surface area contributed by atoms with Crippen LogP contribution >= 0.6 is 0 Å². The van der Waals surface area contributed by atoms with Gasteiger partial charge >= 0.3 is 0 Å². The molecular weight excluding hydrogens is 258 g/mol. The molecule has 21 heavy (non-hydrogen) atoms. The lowest BCUT2D eigenvalue weighted by Gasteiger charge is -2.44. The standard InChI is InChI=1S/C19H29NO/c21-18(13-17-12-15-5-6-16(17)11-15)20-10-4-9-19(14-20)7-2-1-3-8-19/h1-2,15-17H,3-14H2/t15-,16-,17+,19-/m0/s1. The van der Waals surface area contributed by atoms with E-state index in [9.17, 15) is 4.79 Å². The third-order valence-electron chi connectivity index (χ3n) is 6.89. The Bertz CT molecular complexity index is 443. The number of piperidine rings is 1. The van der Waals surface area contributed by atoms with Gasteiger partial charge < -0.3 is 4.90 Å². The van der Waals surface area contributed by atoms with Gasteiger partial charge in [0, 0.05) is 19.5 Å². The van der Waals surface area contributed by atoms with E-state index in [1.807, 2.05) is 0 Å². The summed E-state index contributed by atoms with van der Waals surface area (Å²) in [6, 6.07) is 0. The number of amides is 1. The monoisotopic (exact) mass is 287 g/mol. The fraction of sp³-hybridized carbons (Fsp3) is 0.842. The number of nitrogens with zero attached hydrogens (tertiary/aromatic N) is 1. The van der Waals surface area contributed by atoms with Crippen LogP contribution in [0.2, 0.25) is 0 Å². The molecule has 2 saturated carbocycles. The SMILES string of the molecule is O=C(C[C@H]1C[C@H]2CC[C@H]1C2)N1CCC[C@@]2(CC=CCC2)C1. The van der Waals surface area contributed by atoms with Gasteiger partial charge in [-0.2, -0.15) is 0 Å². The van der Waals surface area contributed by atoms with Gasteiger partial charge in [0.15, 0.2) is 0 Å². The van der Waals surface area contributed by atoms with Crippen LogP contribution in [0.1, 0.15) is 64.2 Å². The van der Waals surface area contributed by atoms with Crippen LogP contribution in [0.4, 0.5) is 0 Å². The van der Waals surface area contributed by atoms with Crippen LogP contribution in [0.25, 0.3) is 0 Å². The van der Waals surface area contributed by atoms with E-state index >= 15 is 0 Å². The molecule has 116 valence electrons. The normalized spacial score (nSPS) is 41.9. The first-order chi connectivity index (χ1) is 10.2. The van der Waals surface area contributed by atoms with Crippen molar-refractivity contribution in [2.24, 2.45) is 23.2 Å². The lowest BCUT2D eigenvalue weighted by molar-refractivity contribution is -0.136. The van der Waals surface area contributed by atoms with E-state index in [0.29, 0.717) is 11.3 Å². The van der Waals surface area contributed by atoms with Gasteiger partial charge in [0.05, 0.1) is 0 Å². The molecule has 4 aliphatic rings. The predicted octanol–water partition coefficient (Wildman–Crippen LogP) is 4.16. The molecule has 0 aromatic carbocycles. The second kappa shape index (κ2) is 5.44. The van der Waals surface area contributed by atoms with Gasteiger partial charge in [0.25, 0.3) is 0 Å². The Labute approximate surface area is 129 Å². The Hall–Kier alpha value is -0.790. The van der Waals surface area contributed by atoms with Gasteiger partial charge in [-0.1, -0.05) is 18.6 Å². The summed E-state index contributed by atoms with van der Waals surface area (Å²) in [4.78, 5) is 15.0. The van der Waals surface area contributed by atoms with Crippen LogP contribution in [-0.2, 0) is 4.79 Å². The topological polar surface area (TPSA) is 20.3 Å². The lowest BCUT2D eigenvalue weighted by atomic mass is 9.71. The fourth-order valence-corrected chi connectivity index (χ4v) is 5.71.